The third kappa shape index (κ3) is 3.45. The molecule has 1 amide bonds. The van der Waals surface area contributed by atoms with Crippen LogP contribution in [0.15, 0.2) is 42.6 Å². The van der Waals surface area contributed by atoms with E-state index in [1.807, 2.05) is 48.2 Å². The Morgan fingerprint density at radius 2 is 2.05 bits per heavy atom. The molecule has 1 aromatic heterocycles. The first kappa shape index (κ1) is 14.6. The minimum atomic E-state index is 0.122. The van der Waals surface area contributed by atoms with Crippen LogP contribution in [0.4, 0.5) is 0 Å². The normalized spacial score (nSPS) is 14.1. The second kappa shape index (κ2) is 6.60. The molecule has 2 heterocycles. The number of carbonyl (C=O) groups excluding carboxylic acids is 1. The molecule has 1 aliphatic heterocycles. The van der Waals surface area contributed by atoms with E-state index in [0.717, 1.165) is 48.5 Å². The zero-order valence-electron chi connectivity index (χ0n) is 12.8. The van der Waals surface area contributed by atoms with Gasteiger partial charge in [0, 0.05) is 24.3 Å². The Kier molecular flexibility index (Phi) is 4.37. The van der Waals surface area contributed by atoms with Crippen molar-refractivity contribution >= 4 is 5.91 Å². The molecule has 0 atom stereocenters. The molecule has 1 fully saturated rings. The van der Waals surface area contributed by atoms with Gasteiger partial charge in [-0.25, -0.2) is 0 Å². The average Bonchev–Trinajstić information content (AvgIpc) is 3.08. The molecule has 3 rings (SSSR count). The maximum Gasteiger partial charge on any atom is 0.253 e. The Hall–Kier alpha value is -2.36. The molecule has 22 heavy (non-hydrogen) atoms. The molecule has 4 heteroatoms. The summed E-state index contributed by atoms with van der Waals surface area (Å²) in [5.41, 5.74) is 2.70. The van der Waals surface area contributed by atoms with Gasteiger partial charge in [-0.1, -0.05) is 12.1 Å². The van der Waals surface area contributed by atoms with E-state index in [2.05, 4.69) is 4.98 Å². The number of aryl methyl sites for hydroxylation is 1. The molecule has 1 aliphatic rings. The predicted molar refractivity (Wildman–Crippen MR) is 84.9 cm³/mol. The van der Waals surface area contributed by atoms with Gasteiger partial charge in [0.25, 0.3) is 5.91 Å². The fourth-order valence-corrected chi connectivity index (χ4v) is 2.60. The molecule has 1 aromatic carbocycles. The van der Waals surface area contributed by atoms with Crippen molar-refractivity contribution in [3.05, 3.63) is 59.4 Å². The Morgan fingerprint density at radius 3 is 2.77 bits per heavy atom. The minimum Gasteiger partial charge on any atom is -0.487 e. The molecule has 114 valence electrons. The van der Waals surface area contributed by atoms with Crippen LogP contribution >= 0.6 is 0 Å². The van der Waals surface area contributed by atoms with Gasteiger partial charge in [-0.2, -0.15) is 0 Å². The lowest BCUT2D eigenvalue weighted by Gasteiger charge is -2.15. The first-order chi connectivity index (χ1) is 10.7. The van der Waals surface area contributed by atoms with Crippen LogP contribution in [-0.4, -0.2) is 28.9 Å². The average molecular weight is 296 g/mol. The summed E-state index contributed by atoms with van der Waals surface area (Å²) in [6, 6.07) is 11.5. The second-order valence-corrected chi connectivity index (χ2v) is 5.62. The molecule has 2 aromatic rings. The fourth-order valence-electron chi connectivity index (χ4n) is 2.60. The van der Waals surface area contributed by atoms with E-state index < -0.39 is 0 Å². The fraction of sp³-hybridized carbons (Fsp3) is 0.333. The lowest BCUT2D eigenvalue weighted by atomic mass is 10.1. The zero-order valence-corrected chi connectivity index (χ0v) is 12.8. The monoisotopic (exact) mass is 296 g/mol. The number of carbonyl (C=O) groups is 1. The summed E-state index contributed by atoms with van der Waals surface area (Å²) in [7, 11) is 0. The highest BCUT2D eigenvalue weighted by Gasteiger charge is 2.19. The molecule has 0 saturated carbocycles. The molecule has 4 nitrogen and oxygen atoms in total. The predicted octanol–water partition coefficient (Wildman–Crippen LogP) is 3.21. The number of likely N-dealkylation sites (tertiary alicyclic amines) is 1. The third-order valence-electron chi connectivity index (χ3n) is 3.86. The number of pyridine rings is 1. The van der Waals surface area contributed by atoms with Crippen LogP contribution in [0.2, 0.25) is 0 Å². The van der Waals surface area contributed by atoms with Gasteiger partial charge in [0.1, 0.15) is 12.4 Å². The van der Waals surface area contributed by atoms with Gasteiger partial charge < -0.3 is 9.64 Å². The quantitative estimate of drug-likeness (QED) is 0.870. The Balaban J connectivity index is 1.65. The Labute approximate surface area is 130 Å². The lowest BCUT2D eigenvalue weighted by Crippen LogP contribution is -2.27. The topological polar surface area (TPSA) is 42.4 Å². The summed E-state index contributed by atoms with van der Waals surface area (Å²) in [6.45, 7) is 4.12. The highest BCUT2D eigenvalue weighted by molar-refractivity contribution is 5.94. The number of nitrogens with zero attached hydrogens (tertiary/aromatic N) is 2. The zero-order chi connectivity index (χ0) is 15.4. The number of aromatic nitrogens is 1. The van der Waals surface area contributed by atoms with Gasteiger partial charge in [0.15, 0.2) is 0 Å². The van der Waals surface area contributed by atoms with Crippen LogP contribution in [0.25, 0.3) is 0 Å². The molecule has 0 radical (unpaired) electrons. The van der Waals surface area contributed by atoms with E-state index in [1.54, 1.807) is 6.20 Å². The lowest BCUT2D eigenvalue weighted by molar-refractivity contribution is 0.0792. The largest absolute Gasteiger partial charge is 0.487 e. The number of rotatable bonds is 4. The van der Waals surface area contributed by atoms with Crippen LogP contribution in [0.1, 0.15) is 34.5 Å². The van der Waals surface area contributed by atoms with Crippen LogP contribution in [0.5, 0.6) is 5.75 Å². The summed E-state index contributed by atoms with van der Waals surface area (Å²) in [5, 5.41) is 0. The van der Waals surface area contributed by atoms with E-state index in [-0.39, 0.29) is 5.91 Å². The van der Waals surface area contributed by atoms with Gasteiger partial charge >= 0.3 is 0 Å². The molecular formula is C18H20N2O2. The first-order valence-electron chi connectivity index (χ1n) is 7.66. The summed E-state index contributed by atoms with van der Waals surface area (Å²) in [4.78, 5) is 18.5. The summed E-state index contributed by atoms with van der Waals surface area (Å²) in [5.74, 6) is 0.859. The Morgan fingerprint density at radius 1 is 1.23 bits per heavy atom. The summed E-state index contributed by atoms with van der Waals surface area (Å²) < 4.78 is 5.72. The SMILES string of the molecule is Cc1ccc(OCc2cccc(C(=O)N3CCCC3)c2)cn1. The van der Waals surface area contributed by atoms with Crippen molar-refractivity contribution < 1.29 is 9.53 Å². The van der Waals surface area contributed by atoms with E-state index in [0.29, 0.717) is 6.61 Å². The smallest absolute Gasteiger partial charge is 0.253 e. The highest BCUT2D eigenvalue weighted by Crippen LogP contribution is 2.16. The molecule has 0 bridgehead atoms. The van der Waals surface area contributed by atoms with Crippen LogP contribution in [0, 0.1) is 6.92 Å². The molecule has 0 N–H and O–H groups in total. The number of amides is 1. The van der Waals surface area contributed by atoms with E-state index in [9.17, 15) is 4.79 Å². The van der Waals surface area contributed by atoms with Crippen molar-refractivity contribution in [1.29, 1.82) is 0 Å². The van der Waals surface area contributed by atoms with Crippen molar-refractivity contribution in [2.45, 2.75) is 26.4 Å². The molecule has 0 unspecified atom stereocenters. The molecule has 0 spiro atoms. The van der Waals surface area contributed by atoms with Crippen molar-refractivity contribution in [1.82, 2.24) is 9.88 Å². The van der Waals surface area contributed by atoms with Gasteiger partial charge in [-0.3, -0.25) is 9.78 Å². The maximum atomic E-state index is 12.4. The van der Waals surface area contributed by atoms with Gasteiger partial charge in [0.05, 0.1) is 6.20 Å². The second-order valence-electron chi connectivity index (χ2n) is 5.62. The maximum absolute atomic E-state index is 12.4. The van der Waals surface area contributed by atoms with E-state index >= 15 is 0 Å². The third-order valence-corrected chi connectivity index (χ3v) is 3.86. The van der Waals surface area contributed by atoms with Crippen LogP contribution in [0.3, 0.4) is 0 Å². The number of ether oxygens (including phenoxy) is 1. The van der Waals surface area contributed by atoms with Gasteiger partial charge in [-0.15, -0.1) is 0 Å². The standard InChI is InChI=1S/C18H20N2O2/c1-14-7-8-17(12-19-14)22-13-15-5-4-6-16(11-15)18(21)20-9-2-3-10-20/h4-8,11-12H,2-3,9-10,13H2,1H3. The first-order valence-corrected chi connectivity index (χ1v) is 7.66. The van der Waals surface area contributed by atoms with E-state index in [1.165, 1.54) is 0 Å². The molecular weight excluding hydrogens is 276 g/mol. The number of hydrogen-bond donors (Lipinski definition) is 0. The Bertz CT molecular complexity index is 646. The number of hydrogen-bond acceptors (Lipinski definition) is 3. The highest BCUT2D eigenvalue weighted by atomic mass is 16.5. The van der Waals surface area contributed by atoms with Crippen molar-refractivity contribution in [2.75, 3.05) is 13.1 Å². The summed E-state index contributed by atoms with van der Waals surface area (Å²) >= 11 is 0. The van der Waals surface area contributed by atoms with Gasteiger partial charge in [0.2, 0.25) is 0 Å². The van der Waals surface area contributed by atoms with Crippen molar-refractivity contribution in [3.63, 3.8) is 0 Å². The number of benzene rings is 1. The van der Waals surface area contributed by atoms with Crippen molar-refractivity contribution in [2.24, 2.45) is 0 Å². The van der Waals surface area contributed by atoms with Crippen LogP contribution in [-0.2, 0) is 6.61 Å². The molecule has 1 saturated heterocycles. The van der Waals surface area contributed by atoms with Gasteiger partial charge in [-0.05, 0) is 49.6 Å². The van der Waals surface area contributed by atoms with Crippen molar-refractivity contribution in [3.8, 4) is 5.75 Å². The molecule has 0 aliphatic carbocycles. The van der Waals surface area contributed by atoms with Crippen LogP contribution < -0.4 is 4.74 Å². The van der Waals surface area contributed by atoms with E-state index in [4.69, 9.17) is 4.74 Å². The minimum absolute atomic E-state index is 0.122. The summed E-state index contributed by atoms with van der Waals surface area (Å²) in [6.07, 6.45) is 3.93.